The van der Waals surface area contributed by atoms with Gasteiger partial charge >= 0.3 is 5.97 Å². The average Bonchev–Trinajstić information content (AvgIpc) is 2.53. The standard InChI is InChI=1S/C16H22N2O4/c1-11-4-2-3-5-14(11)22-9-8-18-15(19)12-6-7-17-13(10-12)16(20)21/h6-7,10-11,14H,2-5,8-9H2,1H3,(H,18,19)(H,20,21). The number of ether oxygens (including phenoxy) is 1. The number of carboxylic acids is 1. The highest BCUT2D eigenvalue weighted by molar-refractivity contribution is 5.96. The van der Waals surface area contributed by atoms with Crippen molar-refractivity contribution in [1.82, 2.24) is 10.3 Å². The third-order valence-electron chi connectivity index (χ3n) is 3.99. The molecule has 2 atom stereocenters. The molecule has 2 rings (SSSR count). The van der Waals surface area contributed by atoms with Gasteiger partial charge in [-0.25, -0.2) is 9.78 Å². The van der Waals surface area contributed by atoms with Crippen molar-refractivity contribution in [2.75, 3.05) is 13.2 Å². The van der Waals surface area contributed by atoms with Crippen LogP contribution < -0.4 is 5.32 Å². The summed E-state index contributed by atoms with van der Waals surface area (Å²) in [6.07, 6.45) is 6.36. The van der Waals surface area contributed by atoms with Crippen LogP contribution in [0.3, 0.4) is 0 Å². The Morgan fingerprint density at radius 2 is 2.18 bits per heavy atom. The van der Waals surface area contributed by atoms with Crippen LogP contribution in [0.5, 0.6) is 0 Å². The van der Waals surface area contributed by atoms with Gasteiger partial charge in [-0.05, 0) is 30.9 Å². The summed E-state index contributed by atoms with van der Waals surface area (Å²) in [5.74, 6) is -0.891. The molecule has 0 radical (unpaired) electrons. The van der Waals surface area contributed by atoms with Crippen molar-refractivity contribution >= 4 is 11.9 Å². The molecular weight excluding hydrogens is 284 g/mol. The summed E-state index contributed by atoms with van der Waals surface area (Å²) in [7, 11) is 0. The van der Waals surface area contributed by atoms with Gasteiger partial charge in [0.25, 0.3) is 5.91 Å². The SMILES string of the molecule is CC1CCCCC1OCCNC(=O)c1ccnc(C(=O)O)c1. The number of hydrogen-bond donors (Lipinski definition) is 2. The van der Waals surface area contributed by atoms with Gasteiger partial charge in [0.15, 0.2) is 0 Å². The van der Waals surface area contributed by atoms with Gasteiger partial charge in [-0.3, -0.25) is 4.79 Å². The number of nitrogens with one attached hydrogen (secondary N) is 1. The van der Waals surface area contributed by atoms with E-state index < -0.39 is 5.97 Å². The maximum Gasteiger partial charge on any atom is 0.354 e. The number of carbonyl (C=O) groups is 2. The molecule has 1 aliphatic carbocycles. The normalized spacial score (nSPS) is 21.3. The first-order valence-corrected chi connectivity index (χ1v) is 7.67. The molecule has 6 nitrogen and oxygen atoms in total. The second kappa shape index (κ2) is 7.89. The summed E-state index contributed by atoms with van der Waals surface area (Å²) >= 11 is 0. The lowest BCUT2D eigenvalue weighted by atomic mass is 9.88. The summed E-state index contributed by atoms with van der Waals surface area (Å²) in [6, 6.07) is 2.76. The zero-order chi connectivity index (χ0) is 15.9. The highest BCUT2D eigenvalue weighted by Crippen LogP contribution is 2.25. The fraction of sp³-hybridized carbons (Fsp3) is 0.562. The Kier molecular flexibility index (Phi) is 5.89. The number of carbonyl (C=O) groups excluding carboxylic acids is 1. The van der Waals surface area contributed by atoms with Crippen LogP contribution >= 0.6 is 0 Å². The Labute approximate surface area is 129 Å². The van der Waals surface area contributed by atoms with Crippen LogP contribution in [0.25, 0.3) is 0 Å². The van der Waals surface area contributed by atoms with Crippen LogP contribution in [0.1, 0.15) is 53.5 Å². The van der Waals surface area contributed by atoms with Gasteiger partial charge < -0.3 is 15.2 Å². The molecule has 0 aliphatic heterocycles. The number of rotatable bonds is 6. The van der Waals surface area contributed by atoms with Gasteiger partial charge in [-0.2, -0.15) is 0 Å². The molecule has 2 N–H and O–H groups in total. The third-order valence-corrected chi connectivity index (χ3v) is 3.99. The average molecular weight is 306 g/mol. The Hall–Kier alpha value is -1.95. The largest absolute Gasteiger partial charge is 0.477 e. The van der Waals surface area contributed by atoms with Gasteiger partial charge in [0.1, 0.15) is 5.69 Å². The van der Waals surface area contributed by atoms with Crippen LogP contribution in [0.4, 0.5) is 0 Å². The number of carboxylic acid groups (broad SMARTS) is 1. The van der Waals surface area contributed by atoms with Gasteiger partial charge in [0.2, 0.25) is 0 Å². The molecule has 1 heterocycles. The zero-order valence-electron chi connectivity index (χ0n) is 12.7. The number of amides is 1. The Morgan fingerprint density at radius 1 is 1.41 bits per heavy atom. The van der Waals surface area contributed by atoms with Crippen LogP contribution in [0.15, 0.2) is 18.3 Å². The van der Waals surface area contributed by atoms with E-state index in [1.165, 1.54) is 37.6 Å². The molecule has 1 aromatic rings. The molecule has 6 heteroatoms. The predicted molar refractivity (Wildman–Crippen MR) is 80.9 cm³/mol. The van der Waals surface area contributed by atoms with Crippen molar-refractivity contribution in [3.8, 4) is 0 Å². The van der Waals surface area contributed by atoms with E-state index >= 15 is 0 Å². The quantitative estimate of drug-likeness (QED) is 0.786. The number of pyridine rings is 1. The lowest BCUT2D eigenvalue weighted by molar-refractivity contribution is -0.00294. The molecule has 1 saturated carbocycles. The van der Waals surface area contributed by atoms with E-state index in [-0.39, 0.29) is 17.7 Å². The van der Waals surface area contributed by atoms with E-state index in [4.69, 9.17) is 9.84 Å². The topological polar surface area (TPSA) is 88.5 Å². The summed E-state index contributed by atoms with van der Waals surface area (Å²) in [4.78, 5) is 26.5. The number of hydrogen-bond acceptors (Lipinski definition) is 4. The molecule has 0 aromatic carbocycles. The maximum atomic E-state index is 11.9. The van der Waals surface area contributed by atoms with Gasteiger partial charge in [-0.1, -0.05) is 19.8 Å². The molecule has 0 spiro atoms. The summed E-state index contributed by atoms with van der Waals surface area (Å²) in [5.41, 5.74) is 0.151. The summed E-state index contributed by atoms with van der Waals surface area (Å²) in [6.45, 7) is 3.08. The molecule has 22 heavy (non-hydrogen) atoms. The molecule has 2 unspecified atom stereocenters. The Bertz CT molecular complexity index is 533. The fourth-order valence-corrected chi connectivity index (χ4v) is 2.70. The van der Waals surface area contributed by atoms with Crippen molar-refractivity contribution in [2.45, 2.75) is 38.7 Å². The van der Waals surface area contributed by atoms with E-state index in [9.17, 15) is 9.59 Å². The Balaban J connectivity index is 1.75. The predicted octanol–water partition coefficient (Wildman–Crippen LogP) is 2.10. The third kappa shape index (κ3) is 4.53. The van der Waals surface area contributed by atoms with E-state index in [1.54, 1.807) is 0 Å². The van der Waals surface area contributed by atoms with Crippen molar-refractivity contribution in [1.29, 1.82) is 0 Å². The van der Waals surface area contributed by atoms with Gasteiger partial charge in [0.05, 0.1) is 12.7 Å². The van der Waals surface area contributed by atoms with Gasteiger partial charge in [-0.15, -0.1) is 0 Å². The lowest BCUT2D eigenvalue weighted by Gasteiger charge is -2.28. The maximum absolute atomic E-state index is 11.9. The second-order valence-corrected chi connectivity index (χ2v) is 5.66. The van der Waals surface area contributed by atoms with Crippen molar-refractivity contribution in [2.24, 2.45) is 5.92 Å². The zero-order valence-corrected chi connectivity index (χ0v) is 12.7. The Morgan fingerprint density at radius 3 is 2.91 bits per heavy atom. The number of nitrogens with zero attached hydrogens (tertiary/aromatic N) is 1. The van der Waals surface area contributed by atoms with Crippen LogP contribution in [0, 0.1) is 5.92 Å². The minimum atomic E-state index is -1.15. The number of aromatic carboxylic acids is 1. The van der Waals surface area contributed by atoms with Crippen LogP contribution in [0.2, 0.25) is 0 Å². The first-order valence-electron chi connectivity index (χ1n) is 7.67. The minimum absolute atomic E-state index is 0.139. The lowest BCUT2D eigenvalue weighted by Crippen LogP contribution is -2.31. The summed E-state index contributed by atoms with van der Waals surface area (Å²) < 4.78 is 5.82. The fourth-order valence-electron chi connectivity index (χ4n) is 2.70. The molecule has 1 amide bonds. The van der Waals surface area contributed by atoms with E-state index in [0.29, 0.717) is 24.6 Å². The first-order chi connectivity index (χ1) is 10.6. The van der Waals surface area contributed by atoms with Crippen LogP contribution in [-0.4, -0.2) is 41.2 Å². The molecule has 0 saturated heterocycles. The minimum Gasteiger partial charge on any atom is -0.477 e. The first kappa shape index (κ1) is 16.4. The van der Waals surface area contributed by atoms with E-state index in [0.717, 1.165) is 6.42 Å². The number of aromatic nitrogens is 1. The van der Waals surface area contributed by atoms with Crippen molar-refractivity contribution < 1.29 is 19.4 Å². The molecule has 1 aromatic heterocycles. The van der Waals surface area contributed by atoms with Crippen molar-refractivity contribution in [3.05, 3.63) is 29.6 Å². The molecule has 1 aliphatic rings. The van der Waals surface area contributed by atoms with E-state index in [1.807, 2.05) is 0 Å². The summed E-state index contributed by atoms with van der Waals surface area (Å²) in [5, 5.41) is 11.6. The van der Waals surface area contributed by atoms with Crippen molar-refractivity contribution in [3.63, 3.8) is 0 Å². The molecular formula is C16H22N2O4. The monoisotopic (exact) mass is 306 g/mol. The smallest absolute Gasteiger partial charge is 0.354 e. The van der Waals surface area contributed by atoms with E-state index in [2.05, 4.69) is 17.2 Å². The molecule has 0 bridgehead atoms. The highest BCUT2D eigenvalue weighted by atomic mass is 16.5. The molecule has 120 valence electrons. The second-order valence-electron chi connectivity index (χ2n) is 5.66. The highest BCUT2D eigenvalue weighted by Gasteiger charge is 2.21. The van der Waals surface area contributed by atoms with Gasteiger partial charge in [0, 0.05) is 18.3 Å². The molecule has 1 fully saturated rings. The van der Waals surface area contributed by atoms with Crippen LogP contribution in [-0.2, 0) is 4.74 Å².